The third-order valence-electron chi connectivity index (χ3n) is 6.34. The summed E-state index contributed by atoms with van der Waals surface area (Å²) < 4.78 is 2.22. The maximum Gasteiger partial charge on any atom is 0.159 e. The Hall–Kier alpha value is -3.72. The second-order valence-corrected chi connectivity index (χ2v) is 8.41. The molecule has 0 N–H and O–H groups in total. The van der Waals surface area contributed by atoms with E-state index in [1.165, 1.54) is 33.2 Å². The van der Waals surface area contributed by atoms with E-state index in [0.717, 1.165) is 17.1 Å². The summed E-state index contributed by atoms with van der Waals surface area (Å²) in [7, 11) is 0. The van der Waals surface area contributed by atoms with Crippen LogP contribution in [0.2, 0.25) is 0 Å². The Labute approximate surface area is 175 Å². The Morgan fingerprint density at radius 2 is 1.47 bits per heavy atom. The third kappa shape index (κ3) is 2.32. The molecular weight excluding hydrogens is 366 g/mol. The van der Waals surface area contributed by atoms with E-state index in [9.17, 15) is 0 Å². The molecule has 1 aliphatic rings. The number of rotatable bonds is 2. The lowest BCUT2D eigenvalue weighted by Crippen LogP contribution is -2.14. The van der Waals surface area contributed by atoms with Crippen LogP contribution in [0.5, 0.6) is 0 Å². The van der Waals surface area contributed by atoms with Crippen molar-refractivity contribution >= 4 is 10.9 Å². The van der Waals surface area contributed by atoms with Crippen molar-refractivity contribution in [2.75, 3.05) is 0 Å². The van der Waals surface area contributed by atoms with Gasteiger partial charge >= 0.3 is 0 Å². The minimum Gasteiger partial charge on any atom is -0.313 e. The van der Waals surface area contributed by atoms with E-state index in [1.807, 2.05) is 42.7 Å². The molecule has 3 nitrogen and oxygen atoms in total. The number of hydrogen-bond donors (Lipinski definition) is 0. The lowest BCUT2D eigenvalue weighted by atomic mass is 9.82. The smallest absolute Gasteiger partial charge is 0.159 e. The lowest BCUT2D eigenvalue weighted by molar-refractivity contribution is 0.661. The van der Waals surface area contributed by atoms with Crippen molar-refractivity contribution in [3.05, 3.63) is 103 Å². The van der Waals surface area contributed by atoms with E-state index in [0.29, 0.717) is 0 Å². The maximum atomic E-state index is 4.65. The molecule has 2 aromatic heterocycles. The predicted octanol–water partition coefficient (Wildman–Crippen LogP) is 6.39. The zero-order valence-electron chi connectivity index (χ0n) is 17.0. The van der Waals surface area contributed by atoms with Crippen molar-refractivity contribution < 1.29 is 0 Å². The molecule has 0 aliphatic heterocycles. The van der Waals surface area contributed by atoms with Gasteiger partial charge in [0.25, 0.3) is 0 Å². The molecule has 0 unspecified atom stereocenters. The quantitative estimate of drug-likeness (QED) is 0.351. The molecule has 0 atom stereocenters. The second-order valence-electron chi connectivity index (χ2n) is 8.41. The van der Waals surface area contributed by atoms with Crippen molar-refractivity contribution in [3.8, 4) is 28.2 Å². The first kappa shape index (κ1) is 17.2. The molecule has 0 radical (unpaired) electrons. The van der Waals surface area contributed by atoms with Gasteiger partial charge in [-0.1, -0.05) is 80.6 Å². The van der Waals surface area contributed by atoms with Crippen LogP contribution in [-0.2, 0) is 5.41 Å². The van der Waals surface area contributed by atoms with E-state index in [2.05, 4.69) is 77.0 Å². The van der Waals surface area contributed by atoms with Crippen LogP contribution in [0.3, 0.4) is 0 Å². The van der Waals surface area contributed by atoms with E-state index >= 15 is 0 Å². The summed E-state index contributed by atoms with van der Waals surface area (Å²) in [4.78, 5) is 9.29. The lowest BCUT2D eigenvalue weighted by Gasteiger charge is -2.21. The molecule has 0 saturated carbocycles. The highest BCUT2D eigenvalue weighted by Gasteiger charge is 2.36. The molecule has 3 aromatic carbocycles. The minimum absolute atomic E-state index is 0.0110. The van der Waals surface area contributed by atoms with Gasteiger partial charge in [-0.3, -0.25) is 0 Å². The van der Waals surface area contributed by atoms with Gasteiger partial charge in [0.15, 0.2) is 5.82 Å². The number of benzene rings is 3. The van der Waals surface area contributed by atoms with Gasteiger partial charge < -0.3 is 4.57 Å². The predicted molar refractivity (Wildman–Crippen MR) is 122 cm³/mol. The fourth-order valence-electron chi connectivity index (χ4n) is 4.81. The second kappa shape index (κ2) is 6.14. The minimum atomic E-state index is -0.0110. The first-order valence-electron chi connectivity index (χ1n) is 10.3. The van der Waals surface area contributed by atoms with Gasteiger partial charge in [0.2, 0.25) is 0 Å². The highest BCUT2D eigenvalue weighted by atomic mass is 15.0. The average Bonchev–Trinajstić information content (AvgIpc) is 3.32. The van der Waals surface area contributed by atoms with Gasteiger partial charge in [0, 0.05) is 28.1 Å². The van der Waals surface area contributed by atoms with Crippen molar-refractivity contribution in [2.24, 2.45) is 0 Å². The van der Waals surface area contributed by atoms with Crippen molar-refractivity contribution in [1.29, 1.82) is 0 Å². The summed E-state index contributed by atoms with van der Waals surface area (Å²) in [5.41, 5.74) is 8.62. The molecule has 2 heterocycles. The molecule has 0 fully saturated rings. The van der Waals surface area contributed by atoms with Crippen LogP contribution in [0, 0.1) is 0 Å². The van der Waals surface area contributed by atoms with E-state index in [1.54, 1.807) is 0 Å². The molecule has 0 bridgehead atoms. The Morgan fingerprint density at radius 3 is 2.27 bits per heavy atom. The van der Waals surface area contributed by atoms with Crippen LogP contribution in [0.25, 0.3) is 39.1 Å². The van der Waals surface area contributed by atoms with Crippen LogP contribution >= 0.6 is 0 Å². The Bertz CT molecular complexity index is 1390. The maximum absolute atomic E-state index is 4.65. The van der Waals surface area contributed by atoms with Crippen molar-refractivity contribution in [3.63, 3.8) is 0 Å². The number of nitrogens with zero attached hydrogens (tertiary/aromatic N) is 3. The first-order chi connectivity index (χ1) is 14.6. The molecule has 30 heavy (non-hydrogen) atoms. The van der Waals surface area contributed by atoms with Crippen LogP contribution in [0.15, 0.2) is 91.4 Å². The Kier molecular flexibility index (Phi) is 3.51. The molecule has 0 saturated heterocycles. The van der Waals surface area contributed by atoms with E-state index in [4.69, 9.17) is 0 Å². The van der Waals surface area contributed by atoms with Gasteiger partial charge in [-0.25, -0.2) is 9.97 Å². The summed E-state index contributed by atoms with van der Waals surface area (Å²) in [5, 5.41) is 1.23. The first-order valence-corrected chi connectivity index (χ1v) is 10.3. The number of aromatic nitrogens is 3. The van der Waals surface area contributed by atoms with Crippen LogP contribution in [-0.4, -0.2) is 14.5 Å². The van der Waals surface area contributed by atoms with E-state index < -0.39 is 0 Å². The highest BCUT2D eigenvalue weighted by Crippen LogP contribution is 2.51. The summed E-state index contributed by atoms with van der Waals surface area (Å²) in [5.74, 6) is 0.743. The molecule has 0 spiro atoms. The standard InChI is InChI=1S/C27H21N3/c1-27(2)22-11-7-6-10-21(22)24-23(27)13-12-18-14-15-30(25(18)24)20-16-28-26(29-17-20)19-8-4-3-5-9-19/h3-17H,1-2H3. The normalized spacial score (nSPS) is 13.9. The van der Waals surface area contributed by atoms with Crippen LogP contribution in [0.1, 0.15) is 25.0 Å². The summed E-state index contributed by atoms with van der Waals surface area (Å²) in [6.07, 6.45) is 5.96. The highest BCUT2D eigenvalue weighted by molar-refractivity contribution is 6.01. The largest absolute Gasteiger partial charge is 0.313 e. The Balaban J connectivity index is 1.56. The third-order valence-corrected chi connectivity index (χ3v) is 6.34. The number of hydrogen-bond acceptors (Lipinski definition) is 2. The monoisotopic (exact) mass is 387 g/mol. The Morgan fingerprint density at radius 1 is 0.733 bits per heavy atom. The van der Waals surface area contributed by atoms with Gasteiger partial charge in [-0.15, -0.1) is 0 Å². The summed E-state index contributed by atoms with van der Waals surface area (Å²) >= 11 is 0. The molecular formula is C27H21N3. The number of fused-ring (bicyclic) bond motifs is 5. The SMILES string of the molecule is CC1(C)c2ccccc2-c2c1ccc1ccn(-c3cnc(-c4ccccc4)nc3)c21. The zero-order chi connectivity index (χ0) is 20.3. The van der Waals surface area contributed by atoms with Crippen molar-refractivity contribution in [2.45, 2.75) is 19.3 Å². The van der Waals surface area contributed by atoms with Crippen LogP contribution < -0.4 is 0 Å². The molecule has 3 heteroatoms. The molecule has 5 aromatic rings. The van der Waals surface area contributed by atoms with Crippen molar-refractivity contribution in [1.82, 2.24) is 14.5 Å². The van der Waals surface area contributed by atoms with Gasteiger partial charge in [-0.05, 0) is 22.8 Å². The fourth-order valence-corrected chi connectivity index (χ4v) is 4.81. The fraction of sp³-hybridized carbons (Fsp3) is 0.111. The molecule has 6 rings (SSSR count). The van der Waals surface area contributed by atoms with Crippen LogP contribution in [0.4, 0.5) is 0 Å². The topological polar surface area (TPSA) is 30.7 Å². The van der Waals surface area contributed by atoms with Gasteiger partial charge in [0.05, 0.1) is 23.6 Å². The molecule has 144 valence electrons. The summed E-state index contributed by atoms with van der Waals surface area (Å²) in [6.45, 7) is 4.63. The van der Waals surface area contributed by atoms with Gasteiger partial charge in [0.1, 0.15) is 0 Å². The molecule has 1 aliphatic carbocycles. The molecule has 0 amide bonds. The summed E-state index contributed by atoms with van der Waals surface area (Å²) in [6, 6.07) is 25.6. The van der Waals surface area contributed by atoms with E-state index in [-0.39, 0.29) is 5.41 Å². The average molecular weight is 387 g/mol. The van der Waals surface area contributed by atoms with Gasteiger partial charge in [-0.2, -0.15) is 0 Å². The zero-order valence-corrected chi connectivity index (χ0v) is 17.0.